The first-order chi connectivity index (χ1) is 8.24. The molecule has 0 amide bonds. The smallest absolute Gasteiger partial charge is 0.228 e. The highest BCUT2D eigenvalue weighted by atomic mass is 35.5. The first-order valence-corrected chi connectivity index (χ1v) is 6.03. The largest absolute Gasteiger partial charge is 0.441 e. The van der Waals surface area contributed by atoms with Crippen molar-refractivity contribution < 1.29 is 9.52 Å². The van der Waals surface area contributed by atoms with Gasteiger partial charge in [0.2, 0.25) is 5.89 Å². The van der Waals surface area contributed by atoms with Gasteiger partial charge < -0.3 is 9.52 Å². The lowest BCUT2D eigenvalue weighted by molar-refractivity contribution is 0.150. The van der Waals surface area contributed by atoms with Crippen LogP contribution in [0.1, 0.15) is 17.9 Å². The molecule has 1 atom stereocenters. The minimum absolute atomic E-state index is 0.311. The van der Waals surface area contributed by atoms with Crippen LogP contribution in [-0.2, 0) is 12.8 Å². The summed E-state index contributed by atoms with van der Waals surface area (Å²) in [6.45, 7) is 0. The van der Waals surface area contributed by atoms with E-state index in [-0.39, 0.29) is 6.10 Å². The number of aliphatic hydroxyl groups is 1. The van der Waals surface area contributed by atoms with Crippen molar-refractivity contribution >= 4 is 11.6 Å². The fourth-order valence-corrected chi connectivity index (χ4v) is 2.32. The van der Waals surface area contributed by atoms with Gasteiger partial charge in [-0.2, -0.15) is 0 Å². The minimum atomic E-state index is -0.311. The lowest BCUT2D eigenvalue weighted by Gasteiger charge is -2.13. The van der Waals surface area contributed by atoms with E-state index < -0.39 is 0 Å². The van der Waals surface area contributed by atoms with Crippen LogP contribution in [0, 0.1) is 0 Å². The second-order valence-corrected chi connectivity index (χ2v) is 4.67. The summed E-state index contributed by atoms with van der Waals surface area (Å²) >= 11 is 6.10. The molecular weight excluding hydrogens is 238 g/mol. The Hall–Kier alpha value is -1.32. The van der Waals surface area contributed by atoms with E-state index in [0.717, 1.165) is 29.9 Å². The van der Waals surface area contributed by atoms with Crippen molar-refractivity contribution in [3.8, 4) is 11.5 Å². The average molecular weight is 250 g/mol. The molecule has 3 nitrogen and oxygen atoms in total. The van der Waals surface area contributed by atoms with E-state index in [1.165, 1.54) is 0 Å². The summed E-state index contributed by atoms with van der Waals surface area (Å²) in [5, 5.41) is 10.2. The normalized spacial score (nSPS) is 19.1. The molecule has 0 saturated carbocycles. The van der Waals surface area contributed by atoms with Gasteiger partial charge in [0.15, 0.2) is 0 Å². The monoisotopic (exact) mass is 249 g/mol. The number of halogens is 1. The number of hydrogen-bond donors (Lipinski definition) is 1. The van der Waals surface area contributed by atoms with Crippen molar-refractivity contribution in [3.05, 3.63) is 40.7 Å². The molecule has 1 aromatic carbocycles. The van der Waals surface area contributed by atoms with E-state index >= 15 is 0 Å². The molecule has 0 aliphatic heterocycles. The quantitative estimate of drug-likeness (QED) is 0.845. The number of benzene rings is 1. The highest BCUT2D eigenvalue weighted by molar-refractivity contribution is 6.33. The van der Waals surface area contributed by atoms with Crippen LogP contribution in [0.5, 0.6) is 0 Å². The number of aliphatic hydroxyl groups excluding tert-OH is 1. The fraction of sp³-hybridized carbons (Fsp3) is 0.308. The Kier molecular flexibility index (Phi) is 2.65. The number of hydrogen-bond acceptors (Lipinski definition) is 3. The molecule has 0 fully saturated rings. The van der Waals surface area contributed by atoms with Crippen molar-refractivity contribution in [1.82, 2.24) is 4.98 Å². The number of aryl methyl sites for hydroxylation is 1. The zero-order valence-corrected chi connectivity index (χ0v) is 9.94. The topological polar surface area (TPSA) is 46.3 Å². The standard InChI is InChI=1S/C13H12ClNO2/c14-10-4-2-1-3-9(10)13-15-11-6-5-8(16)7-12(11)17-13/h1-4,8,16H,5-7H2. The highest BCUT2D eigenvalue weighted by Gasteiger charge is 2.23. The van der Waals surface area contributed by atoms with Gasteiger partial charge in [-0.25, -0.2) is 4.98 Å². The second-order valence-electron chi connectivity index (χ2n) is 4.27. The van der Waals surface area contributed by atoms with Crippen LogP contribution in [0.25, 0.3) is 11.5 Å². The van der Waals surface area contributed by atoms with Crippen molar-refractivity contribution in [3.63, 3.8) is 0 Å². The molecule has 1 aliphatic carbocycles. The minimum Gasteiger partial charge on any atom is -0.441 e. The number of rotatable bonds is 1. The van der Waals surface area contributed by atoms with Gasteiger partial charge in [-0.15, -0.1) is 0 Å². The Balaban J connectivity index is 2.03. The molecule has 3 rings (SSSR count). The molecule has 4 heteroatoms. The Labute approximate surface area is 104 Å². The molecule has 88 valence electrons. The van der Waals surface area contributed by atoms with Crippen molar-refractivity contribution in [1.29, 1.82) is 0 Å². The van der Waals surface area contributed by atoms with Crippen LogP contribution >= 0.6 is 11.6 Å². The molecule has 0 bridgehead atoms. The molecule has 1 heterocycles. The zero-order valence-electron chi connectivity index (χ0n) is 9.19. The summed E-state index contributed by atoms with van der Waals surface area (Å²) in [6, 6.07) is 7.47. The van der Waals surface area contributed by atoms with Gasteiger partial charge in [-0.3, -0.25) is 0 Å². The Bertz CT molecular complexity index is 550. The van der Waals surface area contributed by atoms with Gasteiger partial charge in [0.25, 0.3) is 0 Å². The molecule has 1 aromatic heterocycles. The van der Waals surface area contributed by atoms with Crippen LogP contribution in [0.15, 0.2) is 28.7 Å². The van der Waals surface area contributed by atoms with Crippen molar-refractivity contribution in [2.24, 2.45) is 0 Å². The van der Waals surface area contributed by atoms with Gasteiger partial charge in [-0.1, -0.05) is 23.7 Å². The van der Waals surface area contributed by atoms with Gasteiger partial charge >= 0.3 is 0 Å². The van der Waals surface area contributed by atoms with Gasteiger partial charge in [-0.05, 0) is 25.0 Å². The first kappa shape index (κ1) is 10.8. The summed E-state index contributed by atoms with van der Waals surface area (Å²) in [7, 11) is 0. The molecule has 0 spiro atoms. The van der Waals surface area contributed by atoms with Crippen LogP contribution in [0.4, 0.5) is 0 Å². The molecule has 2 aromatic rings. The van der Waals surface area contributed by atoms with Crippen LogP contribution in [-0.4, -0.2) is 16.2 Å². The molecular formula is C13H12ClNO2. The van der Waals surface area contributed by atoms with Crippen LogP contribution < -0.4 is 0 Å². The van der Waals surface area contributed by atoms with E-state index in [0.29, 0.717) is 17.3 Å². The van der Waals surface area contributed by atoms with Crippen molar-refractivity contribution in [2.75, 3.05) is 0 Å². The number of oxazole rings is 1. The molecule has 0 radical (unpaired) electrons. The maximum absolute atomic E-state index is 9.58. The molecule has 1 unspecified atom stereocenters. The zero-order chi connectivity index (χ0) is 11.8. The van der Waals surface area contributed by atoms with Crippen molar-refractivity contribution in [2.45, 2.75) is 25.4 Å². The van der Waals surface area contributed by atoms with E-state index in [1.807, 2.05) is 24.3 Å². The van der Waals surface area contributed by atoms with E-state index in [4.69, 9.17) is 16.0 Å². The van der Waals surface area contributed by atoms with Crippen LogP contribution in [0.3, 0.4) is 0 Å². The van der Waals surface area contributed by atoms with E-state index in [1.54, 1.807) is 0 Å². The Morgan fingerprint density at radius 1 is 1.35 bits per heavy atom. The molecule has 0 saturated heterocycles. The maximum atomic E-state index is 9.58. The lowest BCUT2D eigenvalue weighted by atomic mass is 9.99. The third-order valence-electron chi connectivity index (χ3n) is 3.02. The van der Waals surface area contributed by atoms with E-state index in [9.17, 15) is 5.11 Å². The summed E-state index contributed by atoms with van der Waals surface area (Å²) < 4.78 is 5.69. The SMILES string of the molecule is OC1CCc2nc(-c3ccccc3Cl)oc2C1. The summed E-state index contributed by atoms with van der Waals surface area (Å²) in [5.41, 5.74) is 1.75. The number of fused-ring (bicyclic) bond motifs is 1. The second kappa shape index (κ2) is 4.17. The third kappa shape index (κ3) is 1.96. The highest BCUT2D eigenvalue weighted by Crippen LogP contribution is 2.31. The molecule has 17 heavy (non-hydrogen) atoms. The average Bonchev–Trinajstić information content (AvgIpc) is 2.72. The molecule has 1 aliphatic rings. The van der Waals surface area contributed by atoms with Gasteiger partial charge in [0.1, 0.15) is 5.76 Å². The number of aromatic nitrogens is 1. The molecule has 1 N–H and O–H groups in total. The van der Waals surface area contributed by atoms with Crippen LogP contribution in [0.2, 0.25) is 5.02 Å². The summed E-state index contributed by atoms with van der Waals surface area (Å²) in [4.78, 5) is 4.45. The summed E-state index contributed by atoms with van der Waals surface area (Å²) in [6.07, 6.45) is 1.76. The predicted molar refractivity (Wildman–Crippen MR) is 65.0 cm³/mol. The Morgan fingerprint density at radius 2 is 2.18 bits per heavy atom. The van der Waals surface area contributed by atoms with Gasteiger partial charge in [0, 0.05) is 6.42 Å². The fourth-order valence-electron chi connectivity index (χ4n) is 2.11. The third-order valence-corrected chi connectivity index (χ3v) is 3.35. The predicted octanol–water partition coefficient (Wildman–Crippen LogP) is 2.84. The first-order valence-electron chi connectivity index (χ1n) is 5.65. The van der Waals surface area contributed by atoms with Gasteiger partial charge in [0.05, 0.1) is 22.4 Å². The lowest BCUT2D eigenvalue weighted by Crippen LogP contribution is -2.17. The maximum Gasteiger partial charge on any atom is 0.228 e. The summed E-state index contributed by atoms with van der Waals surface area (Å²) in [5.74, 6) is 1.34. The number of nitrogens with zero attached hydrogens (tertiary/aromatic N) is 1. The Morgan fingerprint density at radius 3 is 3.00 bits per heavy atom. The van der Waals surface area contributed by atoms with E-state index in [2.05, 4.69) is 4.98 Å².